The van der Waals surface area contributed by atoms with Crippen LogP contribution in [0.5, 0.6) is 0 Å². The molecule has 0 spiro atoms. The highest BCUT2D eigenvalue weighted by Crippen LogP contribution is 2.34. The van der Waals surface area contributed by atoms with Crippen molar-refractivity contribution in [2.24, 2.45) is 0 Å². The molecule has 23 heavy (non-hydrogen) atoms. The van der Waals surface area contributed by atoms with Crippen molar-refractivity contribution in [2.45, 2.75) is 19.9 Å². The molecule has 0 saturated heterocycles. The third-order valence-electron chi connectivity index (χ3n) is 3.49. The molecule has 1 atom stereocenters. The molecule has 2 heterocycles. The minimum Gasteiger partial charge on any atom is -0.358 e. The standard InChI is InChI=1S/C17H18N4OS/c1-3-18-16(22)11(2)21-15-13-9-14(12-7-5-4-6-8-12)23-17(13)20-10-19-15/h4-11H,3H2,1-2H3,(H,18,22)(H,19,20,21)/t11-/m1/s1. The molecule has 0 bridgehead atoms. The van der Waals surface area contributed by atoms with E-state index in [1.54, 1.807) is 11.3 Å². The van der Waals surface area contributed by atoms with Gasteiger partial charge < -0.3 is 10.6 Å². The highest BCUT2D eigenvalue weighted by molar-refractivity contribution is 7.21. The SMILES string of the molecule is CCNC(=O)[C@@H](C)Nc1ncnc2sc(-c3ccccc3)cc12. The number of aromatic nitrogens is 2. The Kier molecular flexibility index (Phi) is 4.52. The molecule has 3 aromatic rings. The molecule has 6 heteroatoms. The van der Waals surface area contributed by atoms with Crippen molar-refractivity contribution in [1.29, 1.82) is 0 Å². The molecule has 0 fully saturated rings. The van der Waals surface area contributed by atoms with Gasteiger partial charge in [0.2, 0.25) is 5.91 Å². The van der Waals surface area contributed by atoms with Crippen LogP contribution in [0, 0.1) is 0 Å². The van der Waals surface area contributed by atoms with Crippen LogP contribution in [0.4, 0.5) is 5.82 Å². The van der Waals surface area contributed by atoms with Gasteiger partial charge in [0, 0.05) is 11.4 Å². The van der Waals surface area contributed by atoms with Crippen molar-refractivity contribution in [3.8, 4) is 10.4 Å². The summed E-state index contributed by atoms with van der Waals surface area (Å²) >= 11 is 1.62. The van der Waals surface area contributed by atoms with Crippen LogP contribution in [0.1, 0.15) is 13.8 Å². The largest absolute Gasteiger partial charge is 0.358 e. The van der Waals surface area contributed by atoms with E-state index in [0.717, 1.165) is 20.7 Å². The Balaban J connectivity index is 1.93. The Morgan fingerprint density at radius 2 is 2.04 bits per heavy atom. The molecule has 0 unspecified atom stereocenters. The van der Waals surface area contributed by atoms with Gasteiger partial charge in [-0.05, 0) is 25.5 Å². The number of nitrogens with one attached hydrogen (secondary N) is 2. The highest BCUT2D eigenvalue weighted by Gasteiger charge is 2.15. The number of amides is 1. The smallest absolute Gasteiger partial charge is 0.242 e. The molecule has 1 aromatic carbocycles. The van der Waals surface area contributed by atoms with Gasteiger partial charge in [-0.2, -0.15) is 0 Å². The highest BCUT2D eigenvalue weighted by atomic mass is 32.1. The van der Waals surface area contributed by atoms with Crippen LogP contribution < -0.4 is 10.6 Å². The molecule has 3 rings (SSSR count). The zero-order valence-corrected chi connectivity index (χ0v) is 13.9. The molecule has 0 aliphatic heterocycles. The fourth-order valence-electron chi connectivity index (χ4n) is 2.31. The second-order valence-corrected chi connectivity index (χ2v) is 6.21. The van der Waals surface area contributed by atoms with Gasteiger partial charge in [0.15, 0.2) is 0 Å². The van der Waals surface area contributed by atoms with Crippen LogP contribution >= 0.6 is 11.3 Å². The van der Waals surface area contributed by atoms with Crippen LogP contribution in [0.25, 0.3) is 20.7 Å². The lowest BCUT2D eigenvalue weighted by Crippen LogP contribution is -2.37. The maximum absolute atomic E-state index is 11.9. The van der Waals surface area contributed by atoms with Crippen molar-refractivity contribution in [2.75, 3.05) is 11.9 Å². The van der Waals surface area contributed by atoms with E-state index in [0.29, 0.717) is 12.4 Å². The first-order chi connectivity index (χ1) is 11.2. The summed E-state index contributed by atoms with van der Waals surface area (Å²) in [6.45, 7) is 4.34. The lowest BCUT2D eigenvalue weighted by atomic mass is 10.2. The molecule has 0 aliphatic rings. The Labute approximate surface area is 138 Å². The van der Waals surface area contributed by atoms with Crippen molar-refractivity contribution in [1.82, 2.24) is 15.3 Å². The molecule has 0 aliphatic carbocycles. The lowest BCUT2D eigenvalue weighted by Gasteiger charge is -2.14. The summed E-state index contributed by atoms with van der Waals surface area (Å²) in [4.78, 5) is 22.6. The number of carbonyl (C=O) groups is 1. The van der Waals surface area contributed by atoms with E-state index in [4.69, 9.17) is 0 Å². The molecular formula is C17H18N4OS. The van der Waals surface area contributed by atoms with E-state index in [9.17, 15) is 4.79 Å². The summed E-state index contributed by atoms with van der Waals surface area (Å²) < 4.78 is 0. The molecule has 2 aromatic heterocycles. The van der Waals surface area contributed by atoms with Crippen LogP contribution in [0.3, 0.4) is 0 Å². The number of anilines is 1. The molecule has 2 N–H and O–H groups in total. The first-order valence-electron chi connectivity index (χ1n) is 7.53. The predicted octanol–water partition coefficient (Wildman–Crippen LogP) is 3.29. The van der Waals surface area contributed by atoms with Gasteiger partial charge in [-0.25, -0.2) is 9.97 Å². The average Bonchev–Trinajstić information content (AvgIpc) is 3.01. The van der Waals surface area contributed by atoms with E-state index in [-0.39, 0.29) is 11.9 Å². The molecular weight excluding hydrogens is 308 g/mol. The number of rotatable bonds is 5. The summed E-state index contributed by atoms with van der Waals surface area (Å²) in [6, 6.07) is 11.9. The van der Waals surface area contributed by atoms with Crippen molar-refractivity contribution in [3.05, 3.63) is 42.7 Å². The normalized spacial score (nSPS) is 12.1. The van der Waals surface area contributed by atoms with E-state index < -0.39 is 0 Å². The Bertz CT molecular complexity index is 816. The molecule has 5 nitrogen and oxygen atoms in total. The van der Waals surface area contributed by atoms with Gasteiger partial charge in [-0.15, -0.1) is 11.3 Å². The van der Waals surface area contributed by atoms with Crippen LogP contribution in [0.2, 0.25) is 0 Å². The van der Waals surface area contributed by atoms with E-state index in [2.05, 4.69) is 38.8 Å². The minimum atomic E-state index is -0.354. The second-order valence-electron chi connectivity index (χ2n) is 5.18. The lowest BCUT2D eigenvalue weighted by molar-refractivity contribution is -0.121. The zero-order chi connectivity index (χ0) is 16.2. The van der Waals surface area contributed by atoms with Crippen LogP contribution in [-0.2, 0) is 4.79 Å². The van der Waals surface area contributed by atoms with Gasteiger partial charge in [0.05, 0.1) is 5.39 Å². The zero-order valence-electron chi connectivity index (χ0n) is 13.0. The minimum absolute atomic E-state index is 0.0437. The summed E-state index contributed by atoms with van der Waals surface area (Å²) in [6.07, 6.45) is 1.53. The summed E-state index contributed by atoms with van der Waals surface area (Å²) in [5.41, 5.74) is 1.15. The number of benzene rings is 1. The third-order valence-corrected chi connectivity index (χ3v) is 4.58. The first-order valence-corrected chi connectivity index (χ1v) is 8.35. The van der Waals surface area contributed by atoms with Gasteiger partial charge in [-0.1, -0.05) is 30.3 Å². The maximum atomic E-state index is 11.9. The number of fused-ring (bicyclic) bond motifs is 1. The van der Waals surface area contributed by atoms with E-state index in [1.165, 1.54) is 6.33 Å². The number of likely N-dealkylation sites (N-methyl/N-ethyl adjacent to an activating group) is 1. The topological polar surface area (TPSA) is 66.9 Å². The van der Waals surface area contributed by atoms with Crippen LogP contribution in [0.15, 0.2) is 42.7 Å². The number of hydrogen-bond acceptors (Lipinski definition) is 5. The quantitative estimate of drug-likeness (QED) is 0.755. The molecule has 0 radical (unpaired) electrons. The molecule has 0 saturated carbocycles. The third kappa shape index (κ3) is 3.32. The monoisotopic (exact) mass is 326 g/mol. The van der Waals surface area contributed by atoms with Crippen molar-refractivity contribution >= 4 is 33.3 Å². The molecule has 118 valence electrons. The van der Waals surface area contributed by atoms with Gasteiger partial charge in [0.25, 0.3) is 0 Å². The summed E-state index contributed by atoms with van der Waals surface area (Å²) in [7, 11) is 0. The average molecular weight is 326 g/mol. The fourth-order valence-corrected chi connectivity index (χ4v) is 3.32. The van der Waals surface area contributed by atoms with E-state index >= 15 is 0 Å². The Morgan fingerprint density at radius 3 is 2.78 bits per heavy atom. The number of thiophene rings is 1. The Morgan fingerprint density at radius 1 is 1.26 bits per heavy atom. The second kappa shape index (κ2) is 6.75. The number of carbonyl (C=O) groups excluding carboxylic acids is 1. The van der Waals surface area contributed by atoms with Crippen molar-refractivity contribution < 1.29 is 4.79 Å². The van der Waals surface area contributed by atoms with Crippen LogP contribution in [-0.4, -0.2) is 28.5 Å². The maximum Gasteiger partial charge on any atom is 0.242 e. The number of nitrogens with zero attached hydrogens (tertiary/aromatic N) is 2. The molecule has 1 amide bonds. The van der Waals surface area contributed by atoms with Gasteiger partial charge in [0.1, 0.15) is 23.0 Å². The van der Waals surface area contributed by atoms with Gasteiger partial charge >= 0.3 is 0 Å². The predicted molar refractivity (Wildman–Crippen MR) is 94.6 cm³/mol. The first kappa shape index (κ1) is 15.4. The summed E-state index contributed by atoms with van der Waals surface area (Å²) in [5, 5.41) is 6.92. The van der Waals surface area contributed by atoms with Crippen molar-refractivity contribution in [3.63, 3.8) is 0 Å². The summed E-state index contributed by atoms with van der Waals surface area (Å²) in [5.74, 6) is 0.643. The van der Waals surface area contributed by atoms with E-state index in [1.807, 2.05) is 32.0 Å². The number of hydrogen-bond donors (Lipinski definition) is 2. The Hall–Kier alpha value is -2.47. The fraction of sp³-hybridized carbons (Fsp3) is 0.235. The van der Waals surface area contributed by atoms with Gasteiger partial charge in [-0.3, -0.25) is 4.79 Å².